The Bertz CT molecular complexity index is 997. The van der Waals surface area contributed by atoms with Gasteiger partial charge in [0.05, 0.1) is 17.8 Å². The van der Waals surface area contributed by atoms with Crippen molar-refractivity contribution in [3.8, 4) is 5.75 Å². The van der Waals surface area contributed by atoms with Crippen molar-refractivity contribution in [2.75, 3.05) is 17.7 Å². The van der Waals surface area contributed by atoms with Crippen molar-refractivity contribution < 1.29 is 13.9 Å². The lowest BCUT2D eigenvalue weighted by Gasteiger charge is -2.10. The van der Waals surface area contributed by atoms with Gasteiger partial charge in [-0.15, -0.1) is 0 Å². The van der Waals surface area contributed by atoms with Gasteiger partial charge in [-0.1, -0.05) is 23.7 Å². The number of rotatable bonds is 5. The van der Waals surface area contributed by atoms with Crippen LogP contribution in [0.4, 0.5) is 21.7 Å². The smallest absolute Gasteiger partial charge is 0.274 e. The highest BCUT2D eigenvalue weighted by Gasteiger charge is 2.13. The standard InChI is InChI=1S/C19H16ClFN4O2/c1-11-9-16(18(26)24-15-6-4-3-5-14(15)21)25-19(22-11)23-12-7-8-17(27-2)13(20)10-12/h3-10H,1-2H3,(H,24,26)(H,22,23,25). The van der Waals surface area contributed by atoms with E-state index in [1.807, 2.05) is 0 Å². The predicted octanol–water partition coefficient (Wildman–Crippen LogP) is 4.58. The summed E-state index contributed by atoms with van der Waals surface area (Å²) in [7, 11) is 1.53. The van der Waals surface area contributed by atoms with E-state index in [0.29, 0.717) is 22.2 Å². The lowest BCUT2D eigenvalue weighted by Crippen LogP contribution is -2.16. The van der Waals surface area contributed by atoms with E-state index in [2.05, 4.69) is 20.6 Å². The van der Waals surface area contributed by atoms with Crippen LogP contribution in [0.25, 0.3) is 0 Å². The summed E-state index contributed by atoms with van der Waals surface area (Å²) < 4.78 is 18.8. The van der Waals surface area contributed by atoms with Gasteiger partial charge >= 0.3 is 0 Å². The fourth-order valence-corrected chi connectivity index (χ4v) is 2.62. The number of nitrogens with zero attached hydrogens (tertiary/aromatic N) is 2. The van der Waals surface area contributed by atoms with Crippen LogP contribution in [0.15, 0.2) is 48.5 Å². The summed E-state index contributed by atoms with van der Waals surface area (Å²) in [6.07, 6.45) is 0. The molecule has 0 spiro atoms. The molecule has 8 heteroatoms. The van der Waals surface area contributed by atoms with E-state index in [1.54, 1.807) is 37.3 Å². The number of amides is 1. The number of nitrogens with one attached hydrogen (secondary N) is 2. The molecule has 2 aromatic carbocycles. The Labute approximate surface area is 160 Å². The molecule has 6 nitrogen and oxygen atoms in total. The van der Waals surface area contributed by atoms with E-state index in [4.69, 9.17) is 16.3 Å². The molecule has 0 saturated carbocycles. The molecular weight excluding hydrogens is 371 g/mol. The van der Waals surface area contributed by atoms with Crippen LogP contribution in [0.3, 0.4) is 0 Å². The second-order valence-electron chi connectivity index (χ2n) is 5.63. The minimum absolute atomic E-state index is 0.0789. The molecule has 0 unspecified atom stereocenters. The first kappa shape index (κ1) is 18.6. The average Bonchev–Trinajstić information content (AvgIpc) is 2.63. The van der Waals surface area contributed by atoms with Gasteiger partial charge in [0.1, 0.15) is 17.3 Å². The van der Waals surface area contributed by atoms with Crippen molar-refractivity contribution in [1.82, 2.24) is 9.97 Å². The molecule has 0 aliphatic heterocycles. The van der Waals surface area contributed by atoms with Gasteiger partial charge < -0.3 is 15.4 Å². The normalized spacial score (nSPS) is 10.4. The quantitative estimate of drug-likeness (QED) is 0.671. The Morgan fingerprint density at radius 3 is 2.63 bits per heavy atom. The number of para-hydroxylation sites is 1. The molecular formula is C19H16ClFN4O2. The maximum Gasteiger partial charge on any atom is 0.274 e. The molecule has 138 valence electrons. The van der Waals surface area contributed by atoms with Crippen molar-refractivity contribution in [2.24, 2.45) is 0 Å². The van der Waals surface area contributed by atoms with Crippen LogP contribution < -0.4 is 15.4 Å². The minimum Gasteiger partial charge on any atom is -0.495 e. The van der Waals surface area contributed by atoms with E-state index in [-0.39, 0.29) is 17.3 Å². The highest BCUT2D eigenvalue weighted by Crippen LogP contribution is 2.28. The minimum atomic E-state index is -0.540. The number of anilines is 3. The topological polar surface area (TPSA) is 76.1 Å². The Morgan fingerprint density at radius 1 is 1.15 bits per heavy atom. The molecule has 1 heterocycles. The fourth-order valence-electron chi connectivity index (χ4n) is 2.36. The zero-order valence-electron chi connectivity index (χ0n) is 14.6. The van der Waals surface area contributed by atoms with Crippen LogP contribution >= 0.6 is 11.6 Å². The number of halogens is 2. The summed E-state index contributed by atoms with van der Waals surface area (Å²) >= 11 is 6.11. The number of carbonyl (C=O) groups excluding carboxylic acids is 1. The predicted molar refractivity (Wildman–Crippen MR) is 102 cm³/mol. The number of hydrogen-bond donors (Lipinski definition) is 2. The molecule has 1 amide bonds. The first-order valence-electron chi connectivity index (χ1n) is 7.98. The Morgan fingerprint density at radius 2 is 1.93 bits per heavy atom. The highest BCUT2D eigenvalue weighted by atomic mass is 35.5. The average molecular weight is 387 g/mol. The third kappa shape index (κ3) is 4.51. The second-order valence-corrected chi connectivity index (χ2v) is 6.03. The van der Waals surface area contributed by atoms with E-state index < -0.39 is 11.7 Å². The fraction of sp³-hybridized carbons (Fsp3) is 0.105. The van der Waals surface area contributed by atoms with Gasteiger partial charge in [-0.05, 0) is 43.3 Å². The van der Waals surface area contributed by atoms with Gasteiger partial charge in [-0.3, -0.25) is 4.79 Å². The summed E-state index contributed by atoms with van der Waals surface area (Å²) in [5, 5.41) is 5.91. The van der Waals surface area contributed by atoms with Crippen LogP contribution in [-0.2, 0) is 0 Å². The van der Waals surface area contributed by atoms with Crippen molar-refractivity contribution in [3.63, 3.8) is 0 Å². The van der Waals surface area contributed by atoms with E-state index in [0.717, 1.165) is 0 Å². The van der Waals surface area contributed by atoms with Crippen LogP contribution in [0.1, 0.15) is 16.2 Å². The maximum absolute atomic E-state index is 13.7. The lowest BCUT2D eigenvalue weighted by atomic mass is 10.2. The van der Waals surface area contributed by atoms with E-state index in [1.165, 1.54) is 25.3 Å². The number of benzene rings is 2. The summed E-state index contributed by atoms with van der Waals surface area (Å²) in [4.78, 5) is 20.9. The van der Waals surface area contributed by atoms with Crippen molar-refractivity contribution in [1.29, 1.82) is 0 Å². The van der Waals surface area contributed by atoms with Crippen molar-refractivity contribution >= 4 is 34.8 Å². The maximum atomic E-state index is 13.7. The monoisotopic (exact) mass is 386 g/mol. The molecule has 0 aliphatic carbocycles. The van der Waals surface area contributed by atoms with Crippen molar-refractivity contribution in [2.45, 2.75) is 6.92 Å². The SMILES string of the molecule is COc1ccc(Nc2nc(C)cc(C(=O)Nc3ccccc3F)n2)cc1Cl. The third-order valence-corrected chi connectivity index (χ3v) is 3.91. The summed E-state index contributed by atoms with van der Waals surface area (Å²) in [5.74, 6) is -0.309. The number of hydrogen-bond acceptors (Lipinski definition) is 5. The van der Waals surface area contributed by atoms with Crippen molar-refractivity contribution in [3.05, 3.63) is 70.8 Å². The zero-order valence-corrected chi connectivity index (χ0v) is 15.3. The third-order valence-electron chi connectivity index (χ3n) is 3.62. The zero-order chi connectivity index (χ0) is 19.4. The Balaban J connectivity index is 1.82. The van der Waals surface area contributed by atoms with Crippen LogP contribution in [0.5, 0.6) is 5.75 Å². The number of aromatic nitrogens is 2. The van der Waals surface area contributed by atoms with Crippen LogP contribution in [0, 0.1) is 12.7 Å². The largest absolute Gasteiger partial charge is 0.495 e. The second kappa shape index (κ2) is 8.01. The van der Waals surface area contributed by atoms with Crippen LogP contribution in [0.2, 0.25) is 5.02 Å². The number of carbonyl (C=O) groups is 1. The summed E-state index contributed by atoms with van der Waals surface area (Å²) in [6.45, 7) is 1.73. The first-order valence-corrected chi connectivity index (χ1v) is 8.36. The molecule has 0 atom stereocenters. The Hall–Kier alpha value is -3.19. The molecule has 3 rings (SSSR count). The molecule has 0 saturated heterocycles. The van der Waals surface area contributed by atoms with Gasteiger partial charge in [0.15, 0.2) is 0 Å². The summed E-state index contributed by atoms with van der Waals surface area (Å²) in [6, 6.07) is 12.5. The Kier molecular flexibility index (Phi) is 5.52. The molecule has 0 radical (unpaired) electrons. The highest BCUT2D eigenvalue weighted by molar-refractivity contribution is 6.32. The summed E-state index contributed by atoms with van der Waals surface area (Å²) in [5.41, 5.74) is 1.39. The van der Waals surface area contributed by atoms with Gasteiger partial charge in [-0.2, -0.15) is 0 Å². The molecule has 2 N–H and O–H groups in total. The number of aryl methyl sites for hydroxylation is 1. The number of ether oxygens (including phenoxy) is 1. The molecule has 0 aliphatic rings. The lowest BCUT2D eigenvalue weighted by molar-refractivity contribution is 0.102. The first-order chi connectivity index (χ1) is 13.0. The van der Waals surface area contributed by atoms with Gasteiger partial charge in [-0.25, -0.2) is 14.4 Å². The molecule has 27 heavy (non-hydrogen) atoms. The van der Waals surface area contributed by atoms with Gasteiger partial charge in [0, 0.05) is 11.4 Å². The molecule has 3 aromatic rings. The van der Waals surface area contributed by atoms with Gasteiger partial charge in [0.25, 0.3) is 5.91 Å². The van der Waals surface area contributed by atoms with E-state index in [9.17, 15) is 9.18 Å². The molecule has 0 bridgehead atoms. The molecule has 1 aromatic heterocycles. The number of methoxy groups -OCH3 is 1. The molecule has 0 fully saturated rings. The van der Waals surface area contributed by atoms with E-state index >= 15 is 0 Å². The van der Waals surface area contributed by atoms with Crippen LogP contribution in [-0.4, -0.2) is 23.0 Å². The van der Waals surface area contributed by atoms with Gasteiger partial charge in [0.2, 0.25) is 5.95 Å².